The van der Waals surface area contributed by atoms with E-state index in [1.54, 1.807) is 0 Å². The second-order valence-corrected chi connectivity index (χ2v) is 5.00. The van der Waals surface area contributed by atoms with Crippen LogP contribution in [0.15, 0.2) is 28.7 Å². The zero-order chi connectivity index (χ0) is 10.8. The van der Waals surface area contributed by atoms with E-state index in [1.807, 2.05) is 38.1 Å². The Morgan fingerprint density at radius 2 is 1.93 bits per heavy atom. The number of benzene rings is 1. The molecule has 86 valence electrons. The number of aliphatic hydroxyl groups excluding tert-OH is 1. The first-order chi connectivity index (χ1) is 6.49. The summed E-state index contributed by atoms with van der Waals surface area (Å²) in [6.07, 6.45) is 0. The molecule has 3 N–H and O–H groups in total. The van der Waals surface area contributed by atoms with Gasteiger partial charge in [0.15, 0.2) is 0 Å². The molecule has 15 heavy (non-hydrogen) atoms. The molecule has 0 aliphatic carbocycles. The van der Waals surface area contributed by atoms with E-state index in [1.165, 1.54) is 0 Å². The highest BCUT2D eigenvalue weighted by molar-refractivity contribution is 9.10. The molecule has 0 spiro atoms. The van der Waals surface area contributed by atoms with E-state index in [-0.39, 0.29) is 30.5 Å². The van der Waals surface area contributed by atoms with Gasteiger partial charge in [-0.15, -0.1) is 12.4 Å². The number of hydrogen-bond donors (Lipinski definition) is 2. The lowest BCUT2D eigenvalue weighted by Gasteiger charge is -2.30. The number of nitrogens with two attached hydrogens (primary N) is 1. The second kappa shape index (κ2) is 5.85. The fourth-order valence-corrected chi connectivity index (χ4v) is 1.78. The summed E-state index contributed by atoms with van der Waals surface area (Å²) in [5, 5.41) is 9.22. The Bertz CT molecular complexity index is 317. The van der Waals surface area contributed by atoms with Gasteiger partial charge in [0, 0.05) is 22.5 Å². The lowest BCUT2D eigenvalue weighted by Crippen LogP contribution is -2.32. The minimum Gasteiger partial charge on any atom is -0.396 e. The zero-order valence-electron chi connectivity index (χ0n) is 8.90. The first-order valence-corrected chi connectivity index (χ1v) is 5.39. The SMILES string of the molecule is CC(C)(CO)[C@H](N)c1ccccc1Br.Cl. The molecule has 0 radical (unpaired) electrons. The van der Waals surface area contributed by atoms with Gasteiger partial charge in [-0.25, -0.2) is 0 Å². The summed E-state index contributed by atoms with van der Waals surface area (Å²) < 4.78 is 0.994. The first kappa shape index (κ1) is 14.9. The predicted octanol–water partition coefficient (Wildman–Crippen LogP) is 2.89. The van der Waals surface area contributed by atoms with Crippen LogP contribution in [-0.4, -0.2) is 11.7 Å². The van der Waals surface area contributed by atoms with Crippen molar-refractivity contribution in [3.63, 3.8) is 0 Å². The average molecular weight is 295 g/mol. The Morgan fingerprint density at radius 1 is 1.40 bits per heavy atom. The summed E-state index contributed by atoms with van der Waals surface area (Å²) in [5.74, 6) is 0. The van der Waals surface area contributed by atoms with E-state index >= 15 is 0 Å². The molecule has 2 nitrogen and oxygen atoms in total. The number of halogens is 2. The van der Waals surface area contributed by atoms with Crippen molar-refractivity contribution in [2.45, 2.75) is 19.9 Å². The van der Waals surface area contributed by atoms with Crippen LogP contribution in [0.2, 0.25) is 0 Å². The van der Waals surface area contributed by atoms with E-state index in [0.717, 1.165) is 10.0 Å². The molecule has 0 aliphatic heterocycles. The van der Waals surface area contributed by atoms with Crippen LogP contribution in [0, 0.1) is 5.41 Å². The Hall–Kier alpha value is -0.0900. The van der Waals surface area contributed by atoms with Gasteiger partial charge >= 0.3 is 0 Å². The molecule has 0 bridgehead atoms. The molecular weight excluding hydrogens is 277 g/mol. The van der Waals surface area contributed by atoms with E-state index < -0.39 is 0 Å². The van der Waals surface area contributed by atoms with Gasteiger partial charge in [-0.1, -0.05) is 48.0 Å². The van der Waals surface area contributed by atoms with Crippen molar-refractivity contribution in [3.05, 3.63) is 34.3 Å². The molecule has 0 heterocycles. The molecule has 0 amide bonds. The molecule has 1 aromatic carbocycles. The van der Waals surface area contributed by atoms with Crippen LogP contribution in [0.1, 0.15) is 25.5 Å². The standard InChI is InChI=1S/C11H16BrNO.ClH/c1-11(2,7-14)10(13)8-5-3-4-6-9(8)12;/h3-6,10,14H,7,13H2,1-2H3;1H/t10-;/m1./s1. The molecule has 1 rings (SSSR count). The summed E-state index contributed by atoms with van der Waals surface area (Å²) in [7, 11) is 0. The fraction of sp³-hybridized carbons (Fsp3) is 0.455. The van der Waals surface area contributed by atoms with Gasteiger partial charge in [0.25, 0.3) is 0 Å². The minimum atomic E-state index is -0.302. The summed E-state index contributed by atoms with van der Waals surface area (Å²) in [6, 6.07) is 7.68. The van der Waals surface area contributed by atoms with Crippen molar-refractivity contribution < 1.29 is 5.11 Å². The van der Waals surface area contributed by atoms with E-state index in [0.29, 0.717) is 0 Å². The van der Waals surface area contributed by atoms with Crippen molar-refractivity contribution in [2.24, 2.45) is 11.1 Å². The smallest absolute Gasteiger partial charge is 0.0500 e. The number of hydrogen-bond acceptors (Lipinski definition) is 2. The van der Waals surface area contributed by atoms with Gasteiger partial charge in [0.05, 0.1) is 0 Å². The number of rotatable bonds is 3. The third-order valence-corrected chi connectivity index (χ3v) is 3.21. The van der Waals surface area contributed by atoms with Crippen molar-refractivity contribution >= 4 is 28.3 Å². The minimum absolute atomic E-state index is 0. The lowest BCUT2D eigenvalue weighted by atomic mass is 9.82. The van der Waals surface area contributed by atoms with Crippen LogP contribution in [0.25, 0.3) is 0 Å². The third-order valence-electron chi connectivity index (χ3n) is 2.49. The largest absolute Gasteiger partial charge is 0.396 e. The first-order valence-electron chi connectivity index (χ1n) is 4.60. The van der Waals surface area contributed by atoms with Crippen LogP contribution >= 0.6 is 28.3 Å². The van der Waals surface area contributed by atoms with Gasteiger partial charge < -0.3 is 10.8 Å². The molecule has 1 atom stereocenters. The van der Waals surface area contributed by atoms with Crippen LogP contribution < -0.4 is 5.73 Å². The highest BCUT2D eigenvalue weighted by atomic mass is 79.9. The zero-order valence-corrected chi connectivity index (χ0v) is 11.3. The quantitative estimate of drug-likeness (QED) is 0.900. The van der Waals surface area contributed by atoms with Gasteiger partial charge in [0.1, 0.15) is 0 Å². The van der Waals surface area contributed by atoms with E-state index in [9.17, 15) is 5.11 Å². The Kier molecular flexibility index (Phi) is 5.81. The van der Waals surface area contributed by atoms with Gasteiger partial charge in [-0.05, 0) is 11.6 Å². The summed E-state index contributed by atoms with van der Waals surface area (Å²) in [6.45, 7) is 3.99. The number of aliphatic hydroxyl groups is 1. The molecule has 0 saturated heterocycles. The Balaban J connectivity index is 0.00000196. The van der Waals surface area contributed by atoms with Gasteiger partial charge in [-0.2, -0.15) is 0 Å². The van der Waals surface area contributed by atoms with Crippen molar-refractivity contribution in [1.29, 1.82) is 0 Å². The Morgan fingerprint density at radius 3 is 2.40 bits per heavy atom. The molecular formula is C11H17BrClNO. The lowest BCUT2D eigenvalue weighted by molar-refractivity contribution is 0.132. The molecule has 0 aromatic heterocycles. The summed E-state index contributed by atoms with van der Waals surface area (Å²) in [4.78, 5) is 0. The van der Waals surface area contributed by atoms with Crippen molar-refractivity contribution in [1.82, 2.24) is 0 Å². The summed E-state index contributed by atoms with van der Waals surface area (Å²) >= 11 is 3.46. The monoisotopic (exact) mass is 293 g/mol. The van der Waals surface area contributed by atoms with E-state index in [4.69, 9.17) is 5.73 Å². The molecule has 0 fully saturated rings. The topological polar surface area (TPSA) is 46.2 Å². The summed E-state index contributed by atoms with van der Waals surface area (Å²) in [5.41, 5.74) is 6.83. The predicted molar refractivity (Wildman–Crippen MR) is 69.2 cm³/mol. The van der Waals surface area contributed by atoms with Gasteiger partial charge in [0.2, 0.25) is 0 Å². The van der Waals surface area contributed by atoms with Crippen LogP contribution in [-0.2, 0) is 0 Å². The maximum absolute atomic E-state index is 9.22. The highest BCUT2D eigenvalue weighted by Crippen LogP contribution is 2.34. The molecule has 0 aliphatic rings. The normalized spacial score (nSPS) is 13.1. The highest BCUT2D eigenvalue weighted by Gasteiger charge is 2.27. The van der Waals surface area contributed by atoms with E-state index in [2.05, 4.69) is 15.9 Å². The van der Waals surface area contributed by atoms with Crippen LogP contribution in [0.5, 0.6) is 0 Å². The average Bonchev–Trinajstić information content (AvgIpc) is 2.17. The maximum Gasteiger partial charge on any atom is 0.0500 e. The maximum atomic E-state index is 9.22. The van der Waals surface area contributed by atoms with Gasteiger partial charge in [-0.3, -0.25) is 0 Å². The fourth-order valence-electron chi connectivity index (χ4n) is 1.25. The molecule has 1 aromatic rings. The van der Waals surface area contributed by atoms with Crippen LogP contribution in [0.3, 0.4) is 0 Å². The molecule has 0 saturated carbocycles. The molecule has 4 heteroatoms. The molecule has 0 unspecified atom stereocenters. The third kappa shape index (κ3) is 3.45. The Labute approximate surface area is 105 Å². The van der Waals surface area contributed by atoms with Crippen molar-refractivity contribution in [2.75, 3.05) is 6.61 Å². The second-order valence-electron chi connectivity index (χ2n) is 4.15. The van der Waals surface area contributed by atoms with Crippen molar-refractivity contribution in [3.8, 4) is 0 Å². The van der Waals surface area contributed by atoms with Crippen LogP contribution in [0.4, 0.5) is 0 Å².